The number of likely N-dealkylation sites (N-methyl/N-ethyl adjacent to an activating group) is 1. The molecule has 0 saturated carbocycles. The van der Waals surface area contributed by atoms with Gasteiger partial charge in [-0.3, -0.25) is 20.1 Å². The molecule has 6 nitrogen and oxygen atoms in total. The molecule has 1 aliphatic heterocycles. The van der Waals surface area contributed by atoms with Gasteiger partial charge < -0.3 is 10.2 Å². The topological polar surface area (TPSA) is 66.5 Å². The number of halogens is 1. The lowest BCUT2D eigenvalue weighted by molar-refractivity contribution is -0.122. The maximum Gasteiger partial charge on any atom is 0.234 e. The SMILES string of the molecule is CN(C)CC(=O)NC[C@@H]1C=C(c2ccc(Br)cn2)NO1. The first-order chi connectivity index (χ1) is 9.54. The minimum Gasteiger partial charge on any atom is -0.352 e. The molecule has 0 aromatic carbocycles. The fraction of sp³-hybridized carbons (Fsp3) is 0.385. The summed E-state index contributed by atoms with van der Waals surface area (Å²) in [5.74, 6) is -0.0257. The van der Waals surface area contributed by atoms with Crippen LogP contribution in [0, 0.1) is 0 Å². The Kier molecular flexibility index (Phi) is 5.11. The summed E-state index contributed by atoms with van der Waals surface area (Å²) in [7, 11) is 3.70. The average Bonchev–Trinajstić information content (AvgIpc) is 2.85. The largest absolute Gasteiger partial charge is 0.352 e. The second-order valence-electron chi connectivity index (χ2n) is 4.74. The lowest BCUT2D eigenvalue weighted by Crippen LogP contribution is -2.37. The van der Waals surface area contributed by atoms with Crippen molar-refractivity contribution in [2.24, 2.45) is 0 Å². The normalized spacial score (nSPS) is 17.8. The van der Waals surface area contributed by atoms with E-state index in [1.54, 1.807) is 6.20 Å². The standard InChI is InChI=1S/C13H17BrN4O2/c1-18(2)8-13(19)16-7-10-5-12(17-20-10)11-4-3-9(14)6-15-11/h3-6,10,17H,7-8H2,1-2H3,(H,16,19)/t10-/m0/s1. The molecule has 1 atom stereocenters. The van der Waals surface area contributed by atoms with Gasteiger partial charge in [0.2, 0.25) is 5.91 Å². The Morgan fingerprint density at radius 1 is 1.55 bits per heavy atom. The summed E-state index contributed by atoms with van der Waals surface area (Å²) in [5.41, 5.74) is 4.44. The molecule has 2 rings (SSSR count). The van der Waals surface area contributed by atoms with Crippen molar-refractivity contribution in [3.63, 3.8) is 0 Å². The van der Waals surface area contributed by atoms with Crippen LogP contribution in [-0.4, -0.2) is 49.1 Å². The quantitative estimate of drug-likeness (QED) is 0.828. The third-order valence-corrected chi connectivity index (χ3v) is 3.11. The van der Waals surface area contributed by atoms with E-state index in [-0.39, 0.29) is 12.0 Å². The number of pyridine rings is 1. The fourth-order valence-electron chi connectivity index (χ4n) is 1.72. The van der Waals surface area contributed by atoms with Gasteiger partial charge in [-0.05, 0) is 48.2 Å². The summed E-state index contributed by atoms with van der Waals surface area (Å²) < 4.78 is 0.924. The van der Waals surface area contributed by atoms with Crippen LogP contribution < -0.4 is 10.8 Å². The number of hydroxylamine groups is 1. The van der Waals surface area contributed by atoms with Crippen LogP contribution in [0.1, 0.15) is 5.69 Å². The van der Waals surface area contributed by atoms with Gasteiger partial charge in [-0.2, -0.15) is 0 Å². The molecule has 1 aliphatic rings. The van der Waals surface area contributed by atoms with Gasteiger partial charge in [0, 0.05) is 10.7 Å². The highest BCUT2D eigenvalue weighted by Crippen LogP contribution is 2.17. The van der Waals surface area contributed by atoms with Crippen molar-refractivity contribution in [1.82, 2.24) is 20.7 Å². The van der Waals surface area contributed by atoms with Crippen LogP contribution in [0.3, 0.4) is 0 Å². The van der Waals surface area contributed by atoms with E-state index in [1.165, 1.54) is 0 Å². The molecule has 0 spiro atoms. The highest BCUT2D eigenvalue weighted by molar-refractivity contribution is 9.10. The van der Waals surface area contributed by atoms with E-state index in [2.05, 4.69) is 31.7 Å². The van der Waals surface area contributed by atoms with E-state index in [0.717, 1.165) is 15.9 Å². The van der Waals surface area contributed by atoms with E-state index in [9.17, 15) is 4.79 Å². The Hall–Kier alpha value is -1.44. The fourth-order valence-corrected chi connectivity index (χ4v) is 1.96. The molecule has 0 radical (unpaired) electrons. The Balaban J connectivity index is 1.87. The van der Waals surface area contributed by atoms with Crippen molar-refractivity contribution in [3.05, 3.63) is 34.6 Å². The van der Waals surface area contributed by atoms with E-state index in [0.29, 0.717) is 13.1 Å². The molecular formula is C13H17BrN4O2. The van der Waals surface area contributed by atoms with E-state index < -0.39 is 0 Å². The predicted molar refractivity (Wildman–Crippen MR) is 79.5 cm³/mol. The third kappa shape index (κ3) is 4.29. The molecule has 20 heavy (non-hydrogen) atoms. The van der Waals surface area contributed by atoms with Crippen LogP contribution in [-0.2, 0) is 9.63 Å². The van der Waals surface area contributed by atoms with Crippen LogP contribution in [0.15, 0.2) is 28.9 Å². The number of nitrogens with one attached hydrogen (secondary N) is 2. The second-order valence-corrected chi connectivity index (χ2v) is 5.66. The number of hydrogen-bond acceptors (Lipinski definition) is 5. The molecule has 1 aromatic heterocycles. The molecule has 1 amide bonds. The monoisotopic (exact) mass is 340 g/mol. The second kappa shape index (κ2) is 6.83. The summed E-state index contributed by atoms with van der Waals surface area (Å²) in [5, 5.41) is 2.82. The predicted octanol–water partition coefficient (Wildman–Crippen LogP) is 0.766. The molecule has 2 heterocycles. The van der Waals surface area contributed by atoms with Gasteiger partial charge in [0.1, 0.15) is 6.10 Å². The number of rotatable bonds is 5. The molecule has 1 aromatic rings. The first-order valence-corrected chi connectivity index (χ1v) is 7.01. The van der Waals surface area contributed by atoms with Crippen LogP contribution in [0.5, 0.6) is 0 Å². The molecule has 108 valence electrons. The van der Waals surface area contributed by atoms with Gasteiger partial charge in [-0.15, -0.1) is 0 Å². The number of hydrogen-bond donors (Lipinski definition) is 2. The number of nitrogens with zero attached hydrogens (tertiary/aromatic N) is 2. The molecule has 7 heteroatoms. The van der Waals surface area contributed by atoms with Crippen LogP contribution in [0.2, 0.25) is 0 Å². The molecular weight excluding hydrogens is 324 g/mol. The maximum absolute atomic E-state index is 11.5. The van der Waals surface area contributed by atoms with Crippen LogP contribution >= 0.6 is 15.9 Å². The summed E-state index contributed by atoms with van der Waals surface area (Å²) in [4.78, 5) is 23.0. The van der Waals surface area contributed by atoms with Gasteiger partial charge in [0.15, 0.2) is 0 Å². The Morgan fingerprint density at radius 3 is 3.00 bits per heavy atom. The zero-order valence-electron chi connectivity index (χ0n) is 11.4. The van der Waals surface area contributed by atoms with Crippen molar-refractivity contribution < 1.29 is 9.63 Å². The Labute approximate surface area is 126 Å². The third-order valence-electron chi connectivity index (χ3n) is 2.64. The van der Waals surface area contributed by atoms with Crippen LogP contribution in [0.25, 0.3) is 5.70 Å². The lowest BCUT2D eigenvalue weighted by Gasteiger charge is -2.12. The number of amides is 1. The van der Waals surface area contributed by atoms with Crippen molar-refractivity contribution in [3.8, 4) is 0 Å². The van der Waals surface area contributed by atoms with Gasteiger partial charge in [0.05, 0.1) is 24.5 Å². The average molecular weight is 341 g/mol. The summed E-state index contributed by atoms with van der Waals surface area (Å²) in [6.07, 6.45) is 3.44. The van der Waals surface area contributed by atoms with Gasteiger partial charge in [0.25, 0.3) is 0 Å². The van der Waals surface area contributed by atoms with Gasteiger partial charge in [-0.25, -0.2) is 0 Å². The smallest absolute Gasteiger partial charge is 0.234 e. The van der Waals surface area contributed by atoms with E-state index in [1.807, 2.05) is 37.2 Å². The Bertz CT molecular complexity index is 502. The molecule has 0 saturated heterocycles. The maximum atomic E-state index is 11.5. The molecule has 0 aliphatic carbocycles. The molecule has 0 fully saturated rings. The van der Waals surface area contributed by atoms with Crippen molar-refractivity contribution >= 4 is 27.5 Å². The number of aromatic nitrogens is 1. The van der Waals surface area contributed by atoms with Crippen molar-refractivity contribution in [2.45, 2.75) is 6.10 Å². The first kappa shape index (κ1) is 15.0. The van der Waals surface area contributed by atoms with E-state index in [4.69, 9.17) is 4.84 Å². The van der Waals surface area contributed by atoms with Crippen molar-refractivity contribution in [2.75, 3.05) is 27.2 Å². The van der Waals surface area contributed by atoms with E-state index >= 15 is 0 Å². The highest BCUT2D eigenvalue weighted by Gasteiger charge is 2.18. The number of carbonyl (C=O) groups is 1. The van der Waals surface area contributed by atoms with Crippen molar-refractivity contribution in [1.29, 1.82) is 0 Å². The van der Waals surface area contributed by atoms with Gasteiger partial charge in [-0.1, -0.05) is 0 Å². The summed E-state index contributed by atoms with van der Waals surface area (Å²) in [6, 6.07) is 3.80. The summed E-state index contributed by atoms with van der Waals surface area (Å²) in [6.45, 7) is 0.796. The minimum atomic E-state index is -0.193. The summed E-state index contributed by atoms with van der Waals surface area (Å²) >= 11 is 3.34. The molecule has 0 bridgehead atoms. The minimum absolute atomic E-state index is 0.0257. The molecule has 2 N–H and O–H groups in total. The zero-order valence-corrected chi connectivity index (χ0v) is 13.0. The Morgan fingerprint density at radius 2 is 2.35 bits per heavy atom. The van der Waals surface area contributed by atoms with Gasteiger partial charge >= 0.3 is 0 Å². The first-order valence-electron chi connectivity index (χ1n) is 6.21. The highest BCUT2D eigenvalue weighted by atomic mass is 79.9. The number of carbonyl (C=O) groups excluding carboxylic acids is 1. The zero-order chi connectivity index (χ0) is 14.5. The van der Waals surface area contributed by atoms with Crippen LogP contribution in [0.4, 0.5) is 0 Å². The lowest BCUT2D eigenvalue weighted by atomic mass is 10.2. The molecule has 0 unspecified atom stereocenters.